The number of allylic oxidation sites excluding steroid dienone is 4. The number of aromatic nitrogens is 2. The molecule has 6 rings (SSSR count). The van der Waals surface area contributed by atoms with Crippen LogP contribution in [0.25, 0.3) is 15.9 Å². The number of carboxylic acid groups (broad SMARTS) is 1. The average Bonchev–Trinajstić information content (AvgIpc) is 3.28. The Morgan fingerprint density at radius 3 is 2.67 bits per heavy atom. The molecule has 0 bridgehead atoms. The van der Waals surface area contributed by atoms with E-state index < -0.39 is 12.0 Å². The number of carboxylic acids is 1. The molecule has 33 heavy (non-hydrogen) atoms. The SMILES string of the molecule is O=C(O)C1C[C@H](C2C=CC(c3nc4ccc(C5(c6ccccc6)CC5)nc4s3)=C(F)C2)CN1. The number of benzene rings is 1. The molecule has 2 aromatic heterocycles. The lowest BCUT2D eigenvalue weighted by Crippen LogP contribution is -2.29. The van der Waals surface area contributed by atoms with Crippen molar-refractivity contribution in [2.75, 3.05) is 6.54 Å². The molecule has 3 heterocycles. The summed E-state index contributed by atoms with van der Waals surface area (Å²) in [5.41, 5.74) is 3.67. The van der Waals surface area contributed by atoms with Crippen molar-refractivity contribution in [2.24, 2.45) is 11.8 Å². The molecule has 2 fully saturated rings. The van der Waals surface area contributed by atoms with E-state index in [0.29, 0.717) is 23.5 Å². The molecule has 5 nitrogen and oxygen atoms in total. The summed E-state index contributed by atoms with van der Waals surface area (Å²) in [6.07, 6.45) is 6.84. The van der Waals surface area contributed by atoms with Crippen LogP contribution in [0.1, 0.15) is 41.9 Å². The van der Waals surface area contributed by atoms with E-state index in [0.717, 1.165) is 28.9 Å². The zero-order chi connectivity index (χ0) is 22.6. The molecule has 168 valence electrons. The second-order valence-corrected chi connectivity index (χ2v) is 10.3. The van der Waals surface area contributed by atoms with Crippen LogP contribution in [0.2, 0.25) is 0 Å². The summed E-state index contributed by atoms with van der Waals surface area (Å²) in [4.78, 5) is 21.7. The highest BCUT2D eigenvalue weighted by Crippen LogP contribution is 2.53. The molecule has 7 heteroatoms. The van der Waals surface area contributed by atoms with Crippen molar-refractivity contribution in [2.45, 2.75) is 37.1 Å². The second kappa shape index (κ2) is 7.85. The van der Waals surface area contributed by atoms with Gasteiger partial charge in [-0.3, -0.25) is 4.79 Å². The summed E-state index contributed by atoms with van der Waals surface area (Å²) < 4.78 is 15.2. The van der Waals surface area contributed by atoms with Gasteiger partial charge in [0.2, 0.25) is 0 Å². The Morgan fingerprint density at radius 1 is 1.15 bits per heavy atom. The standard InChI is InChI=1S/C26H24FN3O2S/c27-19-12-15(16-13-21(25(31)32)28-14-16)6-7-18(19)23-29-20-8-9-22(30-24(20)33-23)26(10-11-26)17-4-2-1-3-5-17/h1-9,15-16,21,28H,10-14H2,(H,31,32)/t15?,16-,21?/m0/s1. The predicted molar refractivity (Wildman–Crippen MR) is 127 cm³/mol. The molecule has 1 saturated carbocycles. The third kappa shape index (κ3) is 3.60. The van der Waals surface area contributed by atoms with Crippen LogP contribution in [-0.4, -0.2) is 33.6 Å². The minimum atomic E-state index is -0.837. The molecule has 2 unspecified atom stereocenters. The summed E-state index contributed by atoms with van der Waals surface area (Å²) in [5, 5.41) is 12.9. The van der Waals surface area contributed by atoms with E-state index in [1.807, 2.05) is 24.3 Å². The topological polar surface area (TPSA) is 75.1 Å². The highest BCUT2D eigenvalue weighted by molar-refractivity contribution is 7.19. The van der Waals surface area contributed by atoms with E-state index in [-0.39, 0.29) is 29.5 Å². The van der Waals surface area contributed by atoms with E-state index in [1.165, 1.54) is 16.9 Å². The fourth-order valence-electron chi connectivity index (χ4n) is 5.26. The molecule has 1 aromatic carbocycles. The van der Waals surface area contributed by atoms with E-state index in [2.05, 4.69) is 40.6 Å². The minimum Gasteiger partial charge on any atom is -0.480 e. The third-order valence-corrected chi connectivity index (χ3v) is 8.34. The lowest BCUT2D eigenvalue weighted by molar-refractivity contribution is -0.139. The number of hydrogen-bond donors (Lipinski definition) is 2. The smallest absolute Gasteiger partial charge is 0.320 e. The first-order valence-electron chi connectivity index (χ1n) is 11.4. The monoisotopic (exact) mass is 461 g/mol. The van der Waals surface area contributed by atoms with Gasteiger partial charge >= 0.3 is 5.97 Å². The van der Waals surface area contributed by atoms with E-state index in [9.17, 15) is 9.90 Å². The summed E-state index contributed by atoms with van der Waals surface area (Å²) in [6.45, 7) is 0.603. The second-order valence-electron chi connectivity index (χ2n) is 9.33. The lowest BCUT2D eigenvalue weighted by Gasteiger charge is -2.22. The number of nitrogens with zero attached hydrogens (tertiary/aromatic N) is 2. The van der Waals surface area contributed by atoms with Crippen molar-refractivity contribution in [3.05, 3.63) is 76.7 Å². The van der Waals surface area contributed by atoms with Crippen LogP contribution in [0.4, 0.5) is 4.39 Å². The molecular formula is C26H24FN3O2S. The van der Waals surface area contributed by atoms with Gasteiger partial charge in [-0.2, -0.15) is 0 Å². The van der Waals surface area contributed by atoms with Gasteiger partial charge in [0.05, 0.1) is 5.69 Å². The predicted octanol–water partition coefficient (Wildman–Crippen LogP) is 5.09. The molecule has 0 spiro atoms. The van der Waals surface area contributed by atoms with Gasteiger partial charge in [-0.1, -0.05) is 53.8 Å². The summed E-state index contributed by atoms with van der Waals surface area (Å²) >= 11 is 1.44. The molecule has 0 radical (unpaired) electrons. The van der Waals surface area contributed by atoms with Gasteiger partial charge in [-0.05, 0) is 55.3 Å². The van der Waals surface area contributed by atoms with Crippen molar-refractivity contribution in [3.8, 4) is 0 Å². The molecule has 3 aromatic rings. The van der Waals surface area contributed by atoms with E-state index in [4.69, 9.17) is 4.98 Å². The van der Waals surface area contributed by atoms with E-state index in [1.54, 1.807) is 0 Å². The zero-order valence-electron chi connectivity index (χ0n) is 18.0. The van der Waals surface area contributed by atoms with Crippen LogP contribution in [0, 0.1) is 11.8 Å². The Morgan fingerprint density at radius 2 is 1.97 bits per heavy atom. The van der Waals surface area contributed by atoms with Crippen LogP contribution in [0.15, 0.2) is 60.4 Å². The Labute approximate surface area is 195 Å². The Balaban J connectivity index is 1.25. The van der Waals surface area contributed by atoms with Gasteiger partial charge in [0.1, 0.15) is 27.2 Å². The van der Waals surface area contributed by atoms with Gasteiger partial charge in [0.15, 0.2) is 0 Å². The maximum atomic E-state index is 15.2. The summed E-state index contributed by atoms with van der Waals surface area (Å²) in [6, 6.07) is 14.0. The zero-order valence-corrected chi connectivity index (χ0v) is 18.8. The molecule has 2 N–H and O–H groups in total. The number of nitrogens with one attached hydrogen (secondary N) is 1. The quantitative estimate of drug-likeness (QED) is 0.554. The van der Waals surface area contributed by atoms with Crippen LogP contribution in [-0.2, 0) is 10.2 Å². The van der Waals surface area contributed by atoms with Crippen LogP contribution in [0.5, 0.6) is 0 Å². The highest BCUT2D eigenvalue weighted by atomic mass is 32.1. The number of carbonyl (C=O) groups is 1. The first-order valence-corrected chi connectivity index (χ1v) is 12.2. The van der Waals surface area contributed by atoms with Gasteiger partial charge in [-0.25, -0.2) is 14.4 Å². The van der Waals surface area contributed by atoms with Crippen LogP contribution < -0.4 is 5.32 Å². The molecule has 2 aliphatic carbocycles. The Kier molecular flexibility index (Phi) is 4.92. The molecule has 1 aliphatic heterocycles. The Bertz CT molecular complexity index is 1300. The molecule has 1 saturated heterocycles. The van der Waals surface area contributed by atoms with E-state index >= 15 is 4.39 Å². The molecule has 0 amide bonds. The average molecular weight is 462 g/mol. The van der Waals surface area contributed by atoms with Crippen LogP contribution in [0.3, 0.4) is 0 Å². The number of halogens is 1. The van der Waals surface area contributed by atoms with Crippen molar-refractivity contribution in [1.82, 2.24) is 15.3 Å². The molecule has 3 atom stereocenters. The number of hydrogen-bond acceptors (Lipinski definition) is 5. The molecular weight excluding hydrogens is 437 g/mol. The van der Waals surface area contributed by atoms with Crippen molar-refractivity contribution < 1.29 is 14.3 Å². The molecule has 3 aliphatic rings. The minimum absolute atomic E-state index is 0.00491. The number of rotatable bonds is 5. The number of pyridine rings is 1. The third-order valence-electron chi connectivity index (χ3n) is 7.34. The fraction of sp³-hybridized carbons (Fsp3) is 0.346. The van der Waals surface area contributed by atoms with Crippen molar-refractivity contribution in [3.63, 3.8) is 0 Å². The Hall–Kier alpha value is -2.90. The lowest BCUT2D eigenvalue weighted by atomic mass is 9.83. The maximum absolute atomic E-state index is 15.2. The first-order chi connectivity index (χ1) is 16.0. The number of aliphatic carboxylic acids is 1. The van der Waals surface area contributed by atoms with Gasteiger partial charge in [0, 0.05) is 17.4 Å². The highest BCUT2D eigenvalue weighted by Gasteiger charge is 2.47. The van der Waals surface area contributed by atoms with Crippen molar-refractivity contribution in [1.29, 1.82) is 0 Å². The van der Waals surface area contributed by atoms with Gasteiger partial charge in [0.25, 0.3) is 0 Å². The van der Waals surface area contributed by atoms with Gasteiger partial charge in [-0.15, -0.1) is 0 Å². The largest absolute Gasteiger partial charge is 0.480 e. The number of thiazole rings is 1. The van der Waals surface area contributed by atoms with Gasteiger partial charge < -0.3 is 10.4 Å². The summed E-state index contributed by atoms with van der Waals surface area (Å²) in [7, 11) is 0. The van der Waals surface area contributed by atoms with Crippen LogP contribution >= 0.6 is 11.3 Å². The number of fused-ring (bicyclic) bond motifs is 1. The first kappa shape index (κ1) is 20.7. The maximum Gasteiger partial charge on any atom is 0.320 e. The summed E-state index contributed by atoms with van der Waals surface area (Å²) in [5.74, 6) is -0.883. The van der Waals surface area contributed by atoms with Crippen molar-refractivity contribution >= 4 is 33.2 Å². The fourth-order valence-corrected chi connectivity index (χ4v) is 6.24. The normalized spacial score (nSPS) is 26.2.